The van der Waals surface area contributed by atoms with Crippen LogP contribution >= 0.6 is 0 Å². The third-order valence-electron chi connectivity index (χ3n) is 4.66. The van der Waals surface area contributed by atoms with E-state index in [-0.39, 0.29) is 0 Å². The predicted molar refractivity (Wildman–Crippen MR) is 94.8 cm³/mol. The van der Waals surface area contributed by atoms with Crippen molar-refractivity contribution in [1.29, 1.82) is 5.26 Å². The van der Waals surface area contributed by atoms with Gasteiger partial charge in [0.2, 0.25) is 0 Å². The summed E-state index contributed by atoms with van der Waals surface area (Å²) in [6.45, 7) is 0.924. The summed E-state index contributed by atoms with van der Waals surface area (Å²) in [5.74, 6) is 0.705. The molecule has 1 aliphatic rings. The highest BCUT2D eigenvalue weighted by atomic mass is 16.1. The van der Waals surface area contributed by atoms with Crippen molar-refractivity contribution in [3.63, 3.8) is 0 Å². The molecule has 0 radical (unpaired) electrons. The summed E-state index contributed by atoms with van der Waals surface area (Å²) in [6, 6.07) is 11.4. The molecule has 0 amide bonds. The number of aromatic nitrogens is 1. The summed E-state index contributed by atoms with van der Waals surface area (Å²) in [5, 5.41) is 12.9. The lowest BCUT2D eigenvalue weighted by molar-refractivity contribution is 0.112. The fourth-order valence-electron chi connectivity index (χ4n) is 3.27. The Hall–Kier alpha value is -2.67. The smallest absolute Gasteiger partial charge is 0.150 e. The number of carbonyl (C=O) groups is 1. The number of carbonyl (C=O) groups excluding carboxylic acids is 1. The second-order valence-electron chi connectivity index (χ2n) is 6.35. The van der Waals surface area contributed by atoms with E-state index in [1.54, 1.807) is 18.3 Å². The Bertz CT molecular complexity index is 758. The van der Waals surface area contributed by atoms with Gasteiger partial charge in [-0.3, -0.25) is 9.78 Å². The van der Waals surface area contributed by atoms with E-state index in [0.29, 0.717) is 22.7 Å². The molecule has 1 aliphatic carbocycles. The Morgan fingerprint density at radius 2 is 2.04 bits per heavy atom. The van der Waals surface area contributed by atoms with Crippen LogP contribution in [0, 0.1) is 17.2 Å². The normalized spacial score (nSPS) is 14.8. The van der Waals surface area contributed by atoms with Crippen molar-refractivity contribution in [3.05, 3.63) is 47.7 Å². The van der Waals surface area contributed by atoms with Crippen LogP contribution in [0.25, 0.3) is 11.3 Å². The Morgan fingerprint density at radius 1 is 1.21 bits per heavy atom. The minimum Gasteiger partial charge on any atom is -0.384 e. The van der Waals surface area contributed by atoms with Gasteiger partial charge in [0.05, 0.1) is 16.9 Å². The molecule has 1 aromatic heterocycles. The largest absolute Gasteiger partial charge is 0.384 e. The van der Waals surface area contributed by atoms with Crippen molar-refractivity contribution in [2.45, 2.75) is 32.1 Å². The maximum absolute atomic E-state index is 10.9. The first-order valence-electron chi connectivity index (χ1n) is 8.50. The number of nitrogens with one attached hydrogen (secondary N) is 1. The highest BCUT2D eigenvalue weighted by molar-refractivity contribution is 5.78. The molecule has 4 heteroatoms. The first kappa shape index (κ1) is 16.2. The lowest BCUT2D eigenvalue weighted by atomic mass is 9.89. The van der Waals surface area contributed by atoms with Crippen LogP contribution in [0.3, 0.4) is 0 Å². The minimum absolute atomic E-state index is 0.581. The fraction of sp³-hybridized carbons (Fsp3) is 0.350. The van der Waals surface area contributed by atoms with Gasteiger partial charge in [-0.25, -0.2) is 0 Å². The van der Waals surface area contributed by atoms with Crippen LogP contribution in [0.4, 0.5) is 5.69 Å². The Labute approximate surface area is 142 Å². The molecule has 1 saturated carbocycles. The number of pyridine rings is 1. The van der Waals surface area contributed by atoms with Crippen LogP contribution in [-0.4, -0.2) is 17.8 Å². The zero-order valence-corrected chi connectivity index (χ0v) is 13.7. The summed E-state index contributed by atoms with van der Waals surface area (Å²) in [6.07, 6.45) is 8.94. The van der Waals surface area contributed by atoms with Gasteiger partial charge in [-0.2, -0.15) is 5.26 Å². The maximum atomic E-state index is 10.9. The van der Waals surface area contributed by atoms with Crippen molar-refractivity contribution in [2.75, 3.05) is 11.9 Å². The average molecular weight is 319 g/mol. The second kappa shape index (κ2) is 7.74. The number of rotatable bonds is 5. The zero-order valence-electron chi connectivity index (χ0n) is 13.7. The first-order valence-corrected chi connectivity index (χ1v) is 8.50. The standard InChI is InChI=1S/C20H21N3O/c21-12-18-11-17(20-10-16(14-24)8-9-22-20)6-7-19(18)23-13-15-4-2-1-3-5-15/h6-11,14-15,23H,1-5,13H2. The van der Waals surface area contributed by atoms with E-state index in [2.05, 4.69) is 16.4 Å². The number of hydrogen-bond donors (Lipinski definition) is 1. The molecule has 0 saturated heterocycles. The van der Waals surface area contributed by atoms with E-state index in [0.717, 1.165) is 24.1 Å². The van der Waals surface area contributed by atoms with E-state index in [1.165, 1.54) is 32.1 Å². The molecule has 1 heterocycles. The van der Waals surface area contributed by atoms with Crippen LogP contribution in [0.2, 0.25) is 0 Å². The van der Waals surface area contributed by atoms with Gasteiger partial charge in [0.1, 0.15) is 12.4 Å². The summed E-state index contributed by atoms with van der Waals surface area (Å²) < 4.78 is 0. The van der Waals surface area contributed by atoms with E-state index < -0.39 is 0 Å². The van der Waals surface area contributed by atoms with Gasteiger partial charge >= 0.3 is 0 Å². The predicted octanol–water partition coefficient (Wildman–Crippen LogP) is 4.42. The maximum Gasteiger partial charge on any atom is 0.150 e. The van der Waals surface area contributed by atoms with Crippen molar-refractivity contribution < 1.29 is 4.79 Å². The van der Waals surface area contributed by atoms with E-state index in [1.807, 2.05) is 18.2 Å². The molecule has 0 atom stereocenters. The molecule has 1 fully saturated rings. The Kier molecular flexibility index (Phi) is 5.22. The van der Waals surface area contributed by atoms with Crippen molar-refractivity contribution in [1.82, 2.24) is 4.98 Å². The van der Waals surface area contributed by atoms with Gasteiger partial charge in [-0.15, -0.1) is 0 Å². The minimum atomic E-state index is 0.581. The van der Waals surface area contributed by atoms with Gasteiger partial charge < -0.3 is 5.32 Å². The second-order valence-corrected chi connectivity index (χ2v) is 6.35. The zero-order chi connectivity index (χ0) is 16.8. The summed E-state index contributed by atoms with van der Waals surface area (Å²) in [4.78, 5) is 15.2. The lowest BCUT2D eigenvalue weighted by Gasteiger charge is -2.22. The quantitative estimate of drug-likeness (QED) is 0.828. The Balaban J connectivity index is 1.77. The van der Waals surface area contributed by atoms with Gasteiger partial charge in [-0.05, 0) is 43.0 Å². The average Bonchev–Trinajstić information content (AvgIpc) is 2.67. The van der Waals surface area contributed by atoms with Crippen LogP contribution in [-0.2, 0) is 0 Å². The summed E-state index contributed by atoms with van der Waals surface area (Å²) >= 11 is 0. The van der Waals surface area contributed by atoms with Crippen LogP contribution in [0.15, 0.2) is 36.5 Å². The monoisotopic (exact) mass is 319 g/mol. The van der Waals surface area contributed by atoms with Crippen molar-refractivity contribution in [3.8, 4) is 17.3 Å². The number of hydrogen-bond acceptors (Lipinski definition) is 4. The molecule has 1 aromatic carbocycles. The first-order chi connectivity index (χ1) is 11.8. The number of nitriles is 1. The molecule has 122 valence electrons. The lowest BCUT2D eigenvalue weighted by Crippen LogP contribution is -2.17. The summed E-state index contributed by atoms with van der Waals surface area (Å²) in [5.41, 5.74) is 3.62. The molecular formula is C20H21N3O. The van der Waals surface area contributed by atoms with E-state index >= 15 is 0 Å². The van der Waals surface area contributed by atoms with Gasteiger partial charge in [-0.1, -0.05) is 25.3 Å². The van der Waals surface area contributed by atoms with Crippen LogP contribution in [0.5, 0.6) is 0 Å². The molecule has 1 N–H and O–H groups in total. The third kappa shape index (κ3) is 3.80. The number of aldehydes is 1. The highest BCUT2D eigenvalue weighted by Crippen LogP contribution is 2.27. The third-order valence-corrected chi connectivity index (χ3v) is 4.66. The molecule has 0 spiro atoms. The van der Waals surface area contributed by atoms with E-state index in [4.69, 9.17) is 0 Å². The SMILES string of the molecule is N#Cc1cc(-c2cc(C=O)ccn2)ccc1NCC1CCCCC1. The molecule has 3 rings (SSSR count). The molecular weight excluding hydrogens is 298 g/mol. The van der Waals surface area contributed by atoms with Crippen LogP contribution < -0.4 is 5.32 Å². The molecule has 2 aromatic rings. The summed E-state index contributed by atoms with van der Waals surface area (Å²) in [7, 11) is 0. The Morgan fingerprint density at radius 3 is 2.79 bits per heavy atom. The van der Waals surface area contributed by atoms with Gasteiger partial charge in [0, 0.05) is 23.9 Å². The topological polar surface area (TPSA) is 65.8 Å². The number of nitrogens with zero attached hydrogens (tertiary/aromatic N) is 2. The molecule has 0 unspecified atom stereocenters. The highest BCUT2D eigenvalue weighted by Gasteiger charge is 2.14. The van der Waals surface area contributed by atoms with Gasteiger partial charge in [0.15, 0.2) is 0 Å². The fourth-order valence-corrected chi connectivity index (χ4v) is 3.27. The van der Waals surface area contributed by atoms with Crippen molar-refractivity contribution in [2.24, 2.45) is 5.92 Å². The number of anilines is 1. The van der Waals surface area contributed by atoms with E-state index in [9.17, 15) is 10.1 Å². The molecule has 0 bridgehead atoms. The molecule has 4 nitrogen and oxygen atoms in total. The molecule has 24 heavy (non-hydrogen) atoms. The van der Waals surface area contributed by atoms with Crippen molar-refractivity contribution >= 4 is 12.0 Å². The number of benzene rings is 1. The van der Waals surface area contributed by atoms with Gasteiger partial charge in [0.25, 0.3) is 0 Å². The van der Waals surface area contributed by atoms with Crippen LogP contribution in [0.1, 0.15) is 48.0 Å². The molecule has 0 aliphatic heterocycles.